The number of hydrogen-bond acceptors (Lipinski definition) is 7. The number of nitrogens with one attached hydrogen (secondary N) is 1. The normalized spacial score (nSPS) is 20.7. The number of amides is 1. The van der Waals surface area contributed by atoms with Gasteiger partial charge < -0.3 is 15.1 Å². The summed E-state index contributed by atoms with van der Waals surface area (Å²) in [5.41, 5.74) is 2.69. The van der Waals surface area contributed by atoms with Gasteiger partial charge in [-0.2, -0.15) is 18.4 Å². The van der Waals surface area contributed by atoms with E-state index in [1.165, 1.54) is 22.9 Å². The summed E-state index contributed by atoms with van der Waals surface area (Å²) in [7, 11) is 0. The van der Waals surface area contributed by atoms with Crippen molar-refractivity contribution in [1.82, 2.24) is 20.2 Å². The van der Waals surface area contributed by atoms with E-state index in [9.17, 15) is 18.0 Å². The highest BCUT2D eigenvalue weighted by molar-refractivity contribution is 7.17. The fourth-order valence-electron chi connectivity index (χ4n) is 5.10. The van der Waals surface area contributed by atoms with Crippen LogP contribution in [0.2, 0.25) is 0 Å². The average molecular weight is 501 g/mol. The van der Waals surface area contributed by atoms with Gasteiger partial charge >= 0.3 is 6.18 Å². The van der Waals surface area contributed by atoms with Crippen LogP contribution in [0, 0.1) is 11.3 Å². The van der Waals surface area contributed by atoms with Crippen LogP contribution in [0.4, 0.5) is 19.0 Å². The number of piperazine rings is 1. The molecule has 0 aliphatic carbocycles. The first-order valence-electron chi connectivity index (χ1n) is 11.4. The van der Waals surface area contributed by atoms with Gasteiger partial charge in [-0.3, -0.25) is 4.79 Å². The number of nitrogens with zero attached hydrogens (tertiary/aromatic N) is 5. The minimum absolute atomic E-state index is 0.0141. The van der Waals surface area contributed by atoms with Crippen LogP contribution in [0.3, 0.4) is 0 Å². The van der Waals surface area contributed by atoms with E-state index in [0.29, 0.717) is 28.9 Å². The van der Waals surface area contributed by atoms with Gasteiger partial charge in [0.05, 0.1) is 21.3 Å². The first-order valence-corrected chi connectivity index (χ1v) is 12.3. The predicted octanol–water partition coefficient (Wildman–Crippen LogP) is 4.03. The number of pyridine rings is 1. The number of aromatic nitrogens is 2. The summed E-state index contributed by atoms with van der Waals surface area (Å²) in [4.78, 5) is 25.4. The number of carbonyl (C=O) groups is 1. The van der Waals surface area contributed by atoms with Crippen molar-refractivity contribution in [3.8, 4) is 6.07 Å². The van der Waals surface area contributed by atoms with Crippen LogP contribution in [0.1, 0.15) is 36.4 Å². The van der Waals surface area contributed by atoms with Crippen molar-refractivity contribution in [2.75, 3.05) is 24.5 Å². The van der Waals surface area contributed by atoms with Crippen LogP contribution in [0.25, 0.3) is 10.2 Å². The van der Waals surface area contributed by atoms with Crippen LogP contribution in [-0.4, -0.2) is 58.7 Å². The second-order valence-corrected chi connectivity index (χ2v) is 9.69. The van der Waals surface area contributed by atoms with Gasteiger partial charge in [-0.1, -0.05) is 12.1 Å². The smallest absolute Gasteiger partial charge is 0.347 e. The van der Waals surface area contributed by atoms with E-state index in [0.717, 1.165) is 18.7 Å². The first kappa shape index (κ1) is 23.5. The molecule has 1 N–H and O–H groups in total. The van der Waals surface area contributed by atoms with E-state index in [4.69, 9.17) is 5.26 Å². The lowest BCUT2D eigenvalue weighted by Gasteiger charge is -2.42. The maximum absolute atomic E-state index is 13.9. The van der Waals surface area contributed by atoms with Crippen molar-refractivity contribution in [2.45, 2.75) is 43.6 Å². The molecule has 3 unspecified atom stereocenters. The van der Waals surface area contributed by atoms with Crippen molar-refractivity contribution >= 4 is 33.3 Å². The molecule has 0 radical (unpaired) electrons. The summed E-state index contributed by atoms with van der Waals surface area (Å²) >= 11 is 1.18. The minimum Gasteiger partial charge on any atom is -0.347 e. The number of anilines is 1. The maximum atomic E-state index is 13.9. The third-order valence-corrected chi connectivity index (χ3v) is 7.58. The van der Waals surface area contributed by atoms with Crippen LogP contribution in [-0.2, 0) is 4.79 Å². The van der Waals surface area contributed by atoms with E-state index in [1.807, 2.05) is 6.07 Å². The number of likely N-dealkylation sites (tertiary alicyclic amines) is 1. The Labute approximate surface area is 204 Å². The third kappa shape index (κ3) is 4.68. The number of hydrogen-bond donors (Lipinski definition) is 1. The van der Waals surface area contributed by atoms with E-state index in [1.54, 1.807) is 29.3 Å². The van der Waals surface area contributed by atoms with Gasteiger partial charge in [-0.15, -0.1) is 11.3 Å². The highest BCUT2D eigenvalue weighted by Gasteiger charge is 2.43. The Morgan fingerprint density at radius 3 is 2.63 bits per heavy atom. The fourth-order valence-corrected chi connectivity index (χ4v) is 5.94. The molecule has 1 aromatic carbocycles. The molecule has 5 rings (SSSR count). The monoisotopic (exact) mass is 500 g/mol. The molecule has 2 saturated heterocycles. The van der Waals surface area contributed by atoms with Crippen molar-refractivity contribution < 1.29 is 18.0 Å². The molecule has 2 fully saturated rings. The number of rotatable bonds is 6. The van der Waals surface area contributed by atoms with Crippen molar-refractivity contribution in [3.63, 3.8) is 0 Å². The summed E-state index contributed by atoms with van der Waals surface area (Å²) in [6.07, 6.45) is -1.13. The summed E-state index contributed by atoms with van der Waals surface area (Å²) in [5, 5.41) is 11.6. The van der Waals surface area contributed by atoms with Gasteiger partial charge in [0.25, 0.3) is 0 Å². The molecule has 2 aliphatic heterocycles. The fraction of sp³-hybridized carbons (Fsp3) is 0.417. The van der Waals surface area contributed by atoms with Gasteiger partial charge in [0.1, 0.15) is 17.9 Å². The van der Waals surface area contributed by atoms with Gasteiger partial charge in [0, 0.05) is 44.3 Å². The molecule has 3 aromatic rings. The molecule has 2 bridgehead atoms. The molecule has 182 valence electrons. The number of thiazole rings is 1. The molecule has 7 nitrogen and oxygen atoms in total. The third-order valence-electron chi connectivity index (χ3n) is 6.69. The van der Waals surface area contributed by atoms with Gasteiger partial charge in [-0.25, -0.2) is 9.97 Å². The number of carbonyl (C=O) groups excluding carboxylic acids is 1. The van der Waals surface area contributed by atoms with E-state index in [-0.39, 0.29) is 36.5 Å². The summed E-state index contributed by atoms with van der Waals surface area (Å²) < 4.78 is 42.1. The summed E-state index contributed by atoms with van der Waals surface area (Å²) in [6, 6.07) is 8.69. The Bertz CT molecular complexity index is 1240. The molecule has 0 saturated carbocycles. The lowest BCUT2D eigenvalue weighted by molar-refractivity contribution is -0.158. The Kier molecular flexibility index (Phi) is 6.34. The molecule has 35 heavy (non-hydrogen) atoms. The van der Waals surface area contributed by atoms with Gasteiger partial charge in [-0.05, 0) is 36.6 Å². The number of nitriles is 1. The average Bonchev–Trinajstić information content (AvgIpc) is 3.43. The zero-order valence-corrected chi connectivity index (χ0v) is 19.5. The Balaban J connectivity index is 1.21. The van der Waals surface area contributed by atoms with Gasteiger partial charge in [0.15, 0.2) is 0 Å². The van der Waals surface area contributed by atoms with Crippen LogP contribution < -0.4 is 10.2 Å². The van der Waals surface area contributed by atoms with E-state index in [2.05, 4.69) is 26.3 Å². The molecule has 11 heteroatoms. The standard InChI is InChI=1S/C24H23F3N6OS/c25-24(26,27)23(18-2-1-3-19-22(18)35-14-31-19)29-9-8-21(34)32-12-16-5-6-17(13-32)33(16)20-7-4-15(10-28)11-30-20/h1-4,7,11,14,16-17,23,29H,5-6,8-9,12-13H2. The molecule has 2 aromatic heterocycles. The van der Waals surface area contributed by atoms with E-state index < -0.39 is 12.2 Å². The second kappa shape index (κ2) is 9.43. The van der Waals surface area contributed by atoms with E-state index >= 15 is 0 Å². The maximum Gasteiger partial charge on any atom is 0.407 e. The van der Waals surface area contributed by atoms with Crippen LogP contribution in [0.5, 0.6) is 0 Å². The molecule has 1 amide bonds. The SMILES string of the molecule is N#Cc1ccc(N2C3CCC2CN(C(=O)CCNC(c2cccc4ncsc24)C(F)(F)F)C3)nc1. The molecular weight excluding hydrogens is 477 g/mol. The zero-order valence-electron chi connectivity index (χ0n) is 18.7. The quantitative estimate of drug-likeness (QED) is 0.550. The van der Waals surface area contributed by atoms with Crippen molar-refractivity contribution in [3.05, 3.63) is 53.2 Å². The second-order valence-electron chi connectivity index (χ2n) is 8.83. The minimum atomic E-state index is -4.50. The van der Waals surface area contributed by atoms with Gasteiger partial charge in [0.2, 0.25) is 5.91 Å². The van der Waals surface area contributed by atoms with Crippen LogP contribution in [0.15, 0.2) is 42.0 Å². The number of fused-ring (bicyclic) bond motifs is 3. The first-order chi connectivity index (χ1) is 16.8. The molecule has 2 aliphatic rings. The van der Waals surface area contributed by atoms with Crippen LogP contribution >= 0.6 is 11.3 Å². The summed E-state index contributed by atoms with van der Waals surface area (Å²) in [5.74, 6) is 0.634. The number of alkyl halides is 3. The molecule has 0 spiro atoms. The highest BCUT2D eigenvalue weighted by atomic mass is 32.1. The predicted molar refractivity (Wildman–Crippen MR) is 126 cm³/mol. The molecule has 3 atom stereocenters. The largest absolute Gasteiger partial charge is 0.407 e. The number of benzene rings is 1. The highest BCUT2D eigenvalue weighted by Crippen LogP contribution is 2.38. The Morgan fingerprint density at radius 2 is 1.97 bits per heavy atom. The lowest BCUT2D eigenvalue weighted by atomic mass is 10.1. The molecule has 4 heterocycles. The Morgan fingerprint density at radius 1 is 1.20 bits per heavy atom. The van der Waals surface area contributed by atoms with Crippen molar-refractivity contribution in [1.29, 1.82) is 5.26 Å². The molecular formula is C24H23F3N6OS. The topological polar surface area (TPSA) is 85.2 Å². The van der Waals surface area contributed by atoms with Crippen molar-refractivity contribution in [2.24, 2.45) is 0 Å². The number of halogens is 3. The summed E-state index contributed by atoms with van der Waals surface area (Å²) in [6.45, 7) is 0.949. The lowest BCUT2D eigenvalue weighted by Crippen LogP contribution is -2.56. The zero-order chi connectivity index (χ0) is 24.6. The Hall–Kier alpha value is -3.23.